The van der Waals surface area contributed by atoms with Crippen molar-refractivity contribution in [2.75, 3.05) is 18.9 Å². The van der Waals surface area contributed by atoms with Gasteiger partial charge in [-0.1, -0.05) is 30.3 Å². The van der Waals surface area contributed by atoms with Gasteiger partial charge in [0.25, 0.3) is 11.5 Å². The molecule has 0 atom stereocenters. The smallest absolute Gasteiger partial charge is 0.274 e. The molecule has 1 N–H and O–H groups in total. The summed E-state index contributed by atoms with van der Waals surface area (Å²) in [7, 11) is 1.46. The van der Waals surface area contributed by atoms with E-state index in [0.29, 0.717) is 5.69 Å². The lowest BCUT2D eigenvalue weighted by Gasteiger charge is -2.17. The van der Waals surface area contributed by atoms with Gasteiger partial charge in [0, 0.05) is 18.8 Å². The van der Waals surface area contributed by atoms with Crippen molar-refractivity contribution in [1.29, 1.82) is 0 Å². The van der Waals surface area contributed by atoms with E-state index in [9.17, 15) is 18.8 Å². The topological polar surface area (TPSA) is 84.3 Å². The highest BCUT2D eigenvalue weighted by Crippen LogP contribution is 2.08. The molecule has 1 heterocycles. The standard InChI is InChI=1S/C21H19FN4O3/c1-25(14-19(27)23-17-9-7-16(22)8-10-17)21(29)18-11-12-20(28)26(24-18)13-15-5-3-2-4-6-15/h2-12H,13-14H2,1H3,(H,23,27). The summed E-state index contributed by atoms with van der Waals surface area (Å²) >= 11 is 0. The number of anilines is 1. The molecule has 2 aromatic carbocycles. The molecule has 0 unspecified atom stereocenters. The first-order chi connectivity index (χ1) is 13.9. The number of amides is 2. The Kier molecular flexibility index (Phi) is 6.13. The predicted octanol–water partition coefficient (Wildman–Crippen LogP) is 2.14. The predicted molar refractivity (Wildman–Crippen MR) is 106 cm³/mol. The van der Waals surface area contributed by atoms with Crippen molar-refractivity contribution in [3.63, 3.8) is 0 Å². The molecule has 29 heavy (non-hydrogen) atoms. The minimum atomic E-state index is -0.499. The summed E-state index contributed by atoms with van der Waals surface area (Å²) in [6.07, 6.45) is 0. The average molecular weight is 394 g/mol. The summed E-state index contributed by atoms with van der Waals surface area (Å²) in [6.45, 7) is 0.00522. The normalized spacial score (nSPS) is 10.4. The number of rotatable bonds is 6. The number of likely N-dealkylation sites (N-methyl/N-ethyl adjacent to an activating group) is 1. The van der Waals surface area contributed by atoms with Crippen molar-refractivity contribution in [2.24, 2.45) is 0 Å². The number of hydrogen-bond donors (Lipinski definition) is 1. The molecule has 3 rings (SSSR count). The number of nitrogens with one attached hydrogen (secondary N) is 1. The van der Waals surface area contributed by atoms with Gasteiger partial charge >= 0.3 is 0 Å². The van der Waals surface area contributed by atoms with Gasteiger partial charge in [-0.15, -0.1) is 0 Å². The Bertz CT molecular complexity index is 1070. The van der Waals surface area contributed by atoms with Crippen LogP contribution in [0.1, 0.15) is 16.1 Å². The van der Waals surface area contributed by atoms with Gasteiger partial charge in [-0.25, -0.2) is 9.07 Å². The average Bonchev–Trinajstić information content (AvgIpc) is 2.71. The van der Waals surface area contributed by atoms with Crippen LogP contribution in [-0.4, -0.2) is 40.1 Å². The molecule has 0 radical (unpaired) electrons. The Labute approximate surface area is 166 Å². The molecule has 7 nitrogen and oxygen atoms in total. The van der Waals surface area contributed by atoms with E-state index in [1.807, 2.05) is 30.3 Å². The lowest BCUT2D eigenvalue weighted by Crippen LogP contribution is -2.36. The second-order valence-electron chi connectivity index (χ2n) is 6.42. The largest absolute Gasteiger partial charge is 0.331 e. The number of halogens is 1. The first kappa shape index (κ1) is 19.9. The molecule has 0 spiro atoms. The summed E-state index contributed by atoms with van der Waals surface area (Å²) in [4.78, 5) is 38.0. The summed E-state index contributed by atoms with van der Waals surface area (Å²) in [5, 5.41) is 6.71. The summed E-state index contributed by atoms with van der Waals surface area (Å²) in [6, 6.07) is 17.2. The molecule has 8 heteroatoms. The monoisotopic (exact) mass is 394 g/mol. The summed E-state index contributed by atoms with van der Waals surface area (Å²) in [5.41, 5.74) is 1.02. The molecule has 0 saturated carbocycles. The van der Waals surface area contributed by atoms with Crippen LogP contribution in [0, 0.1) is 5.82 Å². The molecular weight excluding hydrogens is 375 g/mol. The van der Waals surface area contributed by atoms with Crippen LogP contribution in [0.2, 0.25) is 0 Å². The van der Waals surface area contributed by atoms with E-state index in [4.69, 9.17) is 0 Å². The zero-order chi connectivity index (χ0) is 20.8. The Morgan fingerprint density at radius 1 is 1.03 bits per heavy atom. The van der Waals surface area contributed by atoms with Crippen LogP contribution in [0.25, 0.3) is 0 Å². The Morgan fingerprint density at radius 2 is 1.72 bits per heavy atom. The van der Waals surface area contributed by atoms with Crippen LogP contribution in [0.4, 0.5) is 10.1 Å². The molecule has 2 amide bonds. The van der Waals surface area contributed by atoms with Crippen LogP contribution < -0.4 is 10.9 Å². The SMILES string of the molecule is CN(CC(=O)Nc1ccc(F)cc1)C(=O)c1ccc(=O)n(Cc2ccccc2)n1. The number of carbonyl (C=O) groups is 2. The van der Waals surface area contributed by atoms with Crippen molar-refractivity contribution < 1.29 is 14.0 Å². The van der Waals surface area contributed by atoms with Crippen LogP contribution in [0.3, 0.4) is 0 Å². The van der Waals surface area contributed by atoms with Gasteiger partial charge in [-0.2, -0.15) is 5.10 Å². The second-order valence-corrected chi connectivity index (χ2v) is 6.42. The fourth-order valence-corrected chi connectivity index (χ4v) is 2.65. The van der Waals surface area contributed by atoms with Crippen molar-refractivity contribution in [3.8, 4) is 0 Å². The zero-order valence-corrected chi connectivity index (χ0v) is 15.7. The molecule has 1 aromatic heterocycles. The van der Waals surface area contributed by atoms with E-state index in [1.165, 1.54) is 53.0 Å². The molecule has 148 valence electrons. The first-order valence-electron chi connectivity index (χ1n) is 8.85. The third-order valence-corrected chi connectivity index (χ3v) is 4.12. The fourth-order valence-electron chi connectivity index (χ4n) is 2.65. The van der Waals surface area contributed by atoms with Gasteiger partial charge < -0.3 is 10.2 Å². The molecule has 0 aliphatic heterocycles. The molecule has 0 fully saturated rings. The van der Waals surface area contributed by atoms with Crippen molar-refractivity contribution in [3.05, 3.63) is 94.2 Å². The Morgan fingerprint density at radius 3 is 2.41 bits per heavy atom. The van der Waals surface area contributed by atoms with Crippen LogP contribution >= 0.6 is 0 Å². The number of hydrogen-bond acceptors (Lipinski definition) is 4. The van der Waals surface area contributed by atoms with E-state index in [0.717, 1.165) is 5.56 Å². The minimum Gasteiger partial charge on any atom is -0.331 e. The van der Waals surface area contributed by atoms with Gasteiger partial charge in [0.1, 0.15) is 11.5 Å². The van der Waals surface area contributed by atoms with Crippen molar-refractivity contribution in [1.82, 2.24) is 14.7 Å². The highest BCUT2D eigenvalue weighted by Gasteiger charge is 2.17. The van der Waals surface area contributed by atoms with Crippen LogP contribution in [0.5, 0.6) is 0 Å². The third kappa shape index (κ3) is 5.35. The van der Waals surface area contributed by atoms with Crippen molar-refractivity contribution >= 4 is 17.5 Å². The van der Waals surface area contributed by atoms with E-state index in [2.05, 4.69) is 10.4 Å². The summed E-state index contributed by atoms with van der Waals surface area (Å²) in [5.74, 6) is -1.35. The molecular formula is C21H19FN4O3. The second kappa shape index (κ2) is 8.92. The maximum atomic E-state index is 12.9. The van der Waals surface area contributed by atoms with Gasteiger partial charge in [-0.05, 0) is 35.9 Å². The Balaban J connectivity index is 1.67. The minimum absolute atomic E-state index is 0.0533. The molecule has 0 aliphatic carbocycles. The number of nitrogens with zero attached hydrogens (tertiary/aromatic N) is 3. The van der Waals surface area contributed by atoms with E-state index in [-0.39, 0.29) is 24.3 Å². The van der Waals surface area contributed by atoms with Crippen LogP contribution in [0.15, 0.2) is 71.5 Å². The summed E-state index contributed by atoms with van der Waals surface area (Å²) < 4.78 is 14.1. The quantitative estimate of drug-likeness (QED) is 0.694. The highest BCUT2D eigenvalue weighted by atomic mass is 19.1. The van der Waals surface area contributed by atoms with Crippen molar-refractivity contribution in [2.45, 2.75) is 6.54 Å². The molecule has 0 saturated heterocycles. The first-order valence-corrected chi connectivity index (χ1v) is 8.85. The van der Waals surface area contributed by atoms with Gasteiger partial charge in [0.05, 0.1) is 13.1 Å². The van der Waals surface area contributed by atoms with Gasteiger partial charge in [0.2, 0.25) is 5.91 Å². The fraction of sp³-hybridized carbons (Fsp3) is 0.143. The van der Waals surface area contributed by atoms with Gasteiger partial charge in [0.15, 0.2) is 0 Å². The highest BCUT2D eigenvalue weighted by molar-refractivity contribution is 5.98. The van der Waals surface area contributed by atoms with E-state index >= 15 is 0 Å². The maximum absolute atomic E-state index is 12.9. The number of carbonyl (C=O) groups excluding carboxylic acids is 2. The van der Waals surface area contributed by atoms with Gasteiger partial charge in [-0.3, -0.25) is 14.4 Å². The van der Waals surface area contributed by atoms with E-state index in [1.54, 1.807) is 0 Å². The van der Waals surface area contributed by atoms with Crippen LogP contribution in [-0.2, 0) is 11.3 Å². The lowest BCUT2D eigenvalue weighted by atomic mass is 10.2. The third-order valence-electron chi connectivity index (χ3n) is 4.12. The molecule has 0 bridgehead atoms. The number of benzene rings is 2. The molecule has 3 aromatic rings. The Hall–Kier alpha value is -3.81. The zero-order valence-electron chi connectivity index (χ0n) is 15.7. The lowest BCUT2D eigenvalue weighted by molar-refractivity contribution is -0.116. The number of aromatic nitrogens is 2. The van der Waals surface area contributed by atoms with E-state index < -0.39 is 17.6 Å². The maximum Gasteiger partial charge on any atom is 0.274 e. The molecule has 0 aliphatic rings.